The number of carbonyl (C=O) groups is 1. The number of alkyl halides is 3. The van der Waals surface area contributed by atoms with Crippen LogP contribution >= 0.6 is 0 Å². The van der Waals surface area contributed by atoms with E-state index in [4.69, 9.17) is 11.1 Å². The molecule has 210 valence electrons. The van der Waals surface area contributed by atoms with Gasteiger partial charge in [0.2, 0.25) is 5.91 Å². The highest BCUT2D eigenvalue weighted by molar-refractivity contribution is 6.11. The summed E-state index contributed by atoms with van der Waals surface area (Å²) in [5.74, 6) is 5.14. The van der Waals surface area contributed by atoms with Gasteiger partial charge in [-0.05, 0) is 66.9 Å². The van der Waals surface area contributed by atoms with Gasteiger partial charge < -0.3 is 16.0 Å². The summed E-state index contributed by atoms with van der Waals surface area (Å²) in [7, 11) is 2.00. The molecule has 1 fully saturated rings. The van der Waals surface area contributed by atoms with Crippen LogP contribution in [-0.2, 0) is 17.5 Å². The summed E-state index contributed by atoms with van der Waals surface area (Å²) in [6.45, 7) is 10.5. The lowest BCUT2D eigenvalue weighted by Gasteiger charge is -2.33. The number of hydrogen-bond acceptors (Lipinski definition) is 5. The zero-order valence-electron chi connectivity index (χ0n) is 22.8. The fourth-order valence-corrected chi connectivity index (χ4v) is 4.06. The number of nitrogens with zero attached hydrogens (tertiary/aromatic N) is 3. The number of rotatable bonds is 7. The molecule has 7 nitrogen and oxygen atoms in total. The van der Waals surface area contributed by atoms with Gasteiger partial charge in [-0.2, -0.15) is 18.2 Å². The third-order valence-corrected chi connectivity index (χ3v) is 6.33. The van der Waals surface area contributed by atoms with Crippen molar-refractivity contribution in [3.05, 3.63) is 82.9 Å². The Morgan fingerprint density at radius 2 is 1.88 bits per heavy atom. The fourth-order valence-electron chi connectivity index (χ4n) is 4.06. The highest BCUT2D eigenvalue weighted by Gasteiger charge is 2.34. The molecule has 2 aromatic carbocycles. The fraction of sp³-hybridized carbons (Fsp3) is 0.300. The first-order chi connectivity index (χ1) is 18.8. The van der Waals surface area contributed by atoms with E-state index in [2.05, 4.69) is 33.6 Å². The molecule has 10 heteroatoms. The van der Waals surface area contributed by atoms with Gasteiger partial charge in [-0.1, -0.05) is 30.7 Å². The first-order valence-electron chi connectivity index (χ1n) is 12.6. The normalized spacial score (nSPS) is 15.0. The molecule has 3 rings (SSSR count). The Morgan fingerprint density at radius 3 is 2.52 bits per heavy atom. The van der Waals surface area contributed by atoms with Crippen LogP contribution in [0.15, 0.2) is 60.1 Å². The van der Waals surface area contributed by atoms with Crippen LogP contribution < -0.4 is 11.1 Å². The van der Waals surface area contributed by atoms with Crippen molar-refractivity contribution in [1.29, 1.82) is 5.41 Å². The molecule has 40 heavy (non-hydrogen) atoms. The molecule has 4 N–H and O–H groups in total. The van der Waals surface area contributed by atoms with Crippen molar-refractivity contribution in [3.63, 3.8) is 0 Å². The topological polar surface area (TPSA) is 97.8 Å². The average Bonchev–Trinajstić information content (AvgIpc) is 2.88. The number of nitrogens with one attached hydrogen (secondary N) is 2. The first kappa shape index (κ1) is 30.3. The molecule has 0 atom stereocenters. The molecule has 0 saturated carbocycles. The van der Waals surface area contributed by atoms with Crippen molar-refractivity contribution in [2.24, 2.45) is 10.7 Å². The number of anilines is 1. The summed E-state index contributed by atoms with van der Waals surface area (Å²) in [5.41, 5.74) is 7.92. The van der Waals surface area contributed by atoms with E-state index in [9.17, 15) is 18.0 Å². The summed E-state index contributed by atoms with van der Waals surface area (Å²) in [6, 6.07) is 9.66. The summed E-state index contributed by atoms with van der Waals surface area (Å²) >= 11 is 0. The Labute approximate surface area is 232 Å². The molecule has 0 aliphatic carbocycles. The summed E-state index contributed by atoms with van der Waals surface area (Å²) in [6.07, 6.45) is -1.84. The van der Waals surface area contributed by atoms with Crippen molar-refractivity contribution in [1.82, 2.24) is 9.80 Å². The van der Waals surface area contributed by atoms with E-state index in [1.807, 2.05) is 24.9 Å². The zero-order valence-corrected chi connectivity index (χ0v) is 22.8. The lowest BCUT2D eigenvalue weighted by atomic mass is 10.0. The number of likely N-dealkylation sites (N-methyl/N-ethyl adjacent to an activating group) is 1. The molecule has 1 amide bonds. The van der Waals surface area contributed by atoms with Crippen LogP contribution in [0.3, 0.4) is 0 Å². The lowest BCUT2D eigenvalue weighted by Crippen LogP contribution is -2.44. The number of aryl methyl sites for hydroxylation is 1. The Morgan fingerprint density at radius 1 is 1.18 bits per heavy atom. The molecule has 0 unspecified atom stereocenters. The van der Waals surface area contributed by atoms with E-state index in [0.29, 0.717) is 16.8 Å². The number of allylic oxidation sites excluding steroid dienone is 1. The molecule has 0 aromatic heterocycles. The lowest BCUT2D eigenvalue weighted by molar-refractivity contribution is -0.138. The van der Waals surface area contributed by atoms with Gasteiger partial charge in [-0.15, -0.1) is 0 Å². The van der Waals surface area contributed by atoms with Crippen molar-refractivity contribution < 1.29 is 18.0 Å². The third-order valence-electron chi connectivity index (χ3n) is 6.33. The monoisotopic (exact) mass is 550 g/mol. The van der Waals surface area contributed by atoms with Crippen molar-refractivity contribution in [2.45, 2.75) is 26.6 Å². The second-order valence-electron chi connectivity index (χ2n) is 9.64. The van der Waals surface area contributed by atoms with Crippen LogP contribution in [0.5, 0.6) is 0 Å². The number of halogens is 3. The van der Waals surface area contributed by atoms with Crippen molar-refractivity contribution in [3.8, 4) is 11.8 Å². The first-order valence-corrected chi connectivity index (χ1v) is 12.6. The Kier molecular flexibility index (Phi) is 10.0. The van der Waals surface area contributed by atoms with Gasteiger partial charge in [0.25, 0.3) is 0 Å². The minimum Gasteiger partial charge on any atom is -0.384 e. The zero-order chi connectivity index (χ0) is 29.4. The van der Waals surface area contributed by atoms with E-state index < -0.39 is 17.6 Å². The number of amides is 1. The largest absolute Gasteiger partial charge is 0.416 e. The molecule has 0 spiro atoms. The van der Waals surface area contributed by atoms with Crippen LogP contribution in [0, 0.1) is 24.2 Å². The second kappa shape index (κ2) is 13.2. The van der Waals surface area contributed by atoms with Gasteiger partial charge in [-0.3, -0.25) is 15.1 Å². The van der Waals surface area contributed by atoms with Gasteiger partial charge in [0.15, 0.2) is 0 Å². The number of amidine groups is 1. The van der Waals surface area contributed by atoms with E-state index in [0.717, 1.165) is 37.8 Å². The van der Waals surface area contributed by atoms with Crippen LogP contribution in [-0.4, -0.2) is 60.5 Å². The minimum absolute atomic E-state index is 0.0272. The maximum absolute atomic E-state index is 14.0. The average molecular weight is 551 g/mol. The van der Waals surface area contributed by atoms with Crippen molar-refractivity contribution in [2.75, 3.05) is 38.5 Å². The number of carbonyl (C=O) groups excluding carboxylic acids is 1. The molecule has 2 aromatic rings. The van der Waals surface area contributed by atoms with Crippen LogP contribution in [0.4, 0.5) is 18.9 Å². The summed E-state index contributed by atoms with van der Waals surface area (Å²) in [5, 5.41) is 11.0. The van der Waals surface area contributed by atoms with Gasteiger partial charge in [0.05, 0.1) is 5.56 Å². The Balaban J connectivity index is 1.76. The summed E-state index contributed by atoms with van der Waals surface area (Å²) in [4.78, 5) is 18.7. The number of hydrogen-bond donors (Lipinski definition) is 3. The van der Waals surface area contributed by atoms with Crippen LogP contribution in [0.25, 0.3) is 5.70 Å². The summed E-state index contributed by atoms with van der Waals surface area (Å²) < 4.78 is 41.9. The maximum Gasteiger partial charge on any atom is 0.416 e. The smallest absolute Gasteiger partial charge is 0.384 e. The SMILES string of the molecule is C=C(Nc1ccc(CN2CCN(C)CC2)c(C(F)(F)F)c1)c1ccc(C)c(C#CC(=N)/C=C\C(N)=NC(C)=O)c1. The van der Waals surface area contributed by atoms with E-state index >= 15 is 0 Å². The minimum atomic E-state index is -4.49. The van der Waals surface area contributed by atoms with Crippen molar-refractivity contribution >= 4 is 28.8 Å². The number of piperazine rings is 1. The van der Waals surface area contributed by atoms with E-state index in [1.54, 1.807) is 18.2 Å². The third kappa shape index (κ3) is 8.93. The highest BCUT2D eigenvalue weighted by atomic mass is 19.4. The van der Waals surface area contributed by atoms with Gasteiger partial charge in [-0.25, -0.2) is 0 Å². The van der Waals surface area contributed by atoms with E-state index in [1.165, 1.54) is 25.1 Å². The molecule has 0 bridgehead atoms. The Bertz CT molecular complexity index is 1410. The quantitative estimate of drug-likeness (QED) is 0.264. The number of benzene rings is 2. The van der Waals surface area contributed by atoms with Gasteiger partial charge >= 0.3 is 6.18 Å². The predicted molar refractivity (Wildman–Crippen MR) is 154 cm³/mol. The Hall–Kier alpha value is -4.20. The molecule has 1 aliphatic heterocycles. The molecule has 0 radical (unpaired) electrons. The van der Waals surface area contributed by atoms with Crippen LogP contribution in [0.2, 0.25) is 0 Å². The van der Waals surface area contributed by atoms with E-state index in [-0.39, 0.29) is 29.3 Å². The molecule has 1 aliphatic rings. The molecule has 1 heterocycles. The second-order valence-corrected chi connectivity index (χ2v) is 9.64. The molecule has 1 saturated heterocycles. The molecular formula is C30H33F3N6O. The maximum atomic E-state index is 14.0. The number of aliphatic imine (C=N–C) groups is 1. The number of nitrogens with two attached hydrogens (primary N) is 1. The molecular weight excluding hydrogens is 517 g/mol. The predicted octanol–water partition coefficient (Wildman–Crippen LogP) is 4.68. The van der Waals surface area contributed by atoms with Gasteiger partial charge in [0, 0.05) is 56.6 Å². The van der Waals surface area contributed by atoms with Crippen LogP contribution in [0.1, 0.15) is 34.7 Å². The highest BCUT2D eigenvalue weighted by Crippen LogP contribution is 2.35. The van der Waals surface area contributed by atoms with Gasteiger partial charge in [0.1, 0.15) is 11.5 Å². The standard InChI is InChI=1S/C30H33F3N6O/c1-20-5-6-24(17-23(20)7-9-26(34)10-12-29(35)37-22(3)40)21(2)36-27-11-8-25(28(18-27)30(31,32)33)19-39-15-13-38(4)14-16-39/h5-6,8,10-12,17-18,34,36H,2,13-16,19H2,1,3-4H3,(H2,35,37,40)/b12-10-,34-26?.